The van der Waals surface area contributed by atoms with Crippen LogP contribution in [0.25, 0.3) is 6.08 Å². The summed E-state index contributed by atoms with van der Waals surface area (Å²) in [6, 6.07) is 16.6. The largest absolute Gasteiger partial charge is 0.493 e. The molecule has 0 amide bonds. The highest BCUT2D eigenvalue weighted by molar-refractivity contribution is 6.30. The van der Waals surface area contributed by atoms with Crippen LogP contribution in [0.4, 0.5) is 4.39 Å². The number of nitrogens with zero attached hydrogens (tertiary/aromatic N) is 1. The normalized spacial score (nSPS) is 14.2. The van der Waals surface area contributed by atoms with E-state index >= 15 is 0 Å². The Morgan fingerprint density at radius 2 is 1.84 bits per heavy atom. The Hall–Kier alpha value is -3.97. The number of aliphatic imine (C=N–C) groups is 1. The minimum atomic E-state index is -0.731. The summed E-state index contributed by atoms with van der Waals surface area (Å²) in [6.07, 6.45) is 1.52. The average Bonchev–Trinajstić information content (AvgIpc) is 3.15. The molecule has 1 aliphatic heterocycles. The lowest BCUT2D eigenvalue weighted by molar-refractivity contribution is -0.129. The molecule has 4 rings (SSSR count). The number of carbonyl (C=O) groups is 2. The Morgan fingerprint density at radius 3 is 2.56 bits per heavy atom. The van der Waals surface area contributed by atoms with Crippen LogP contribution in [-0.4, -0.2) is 24.9 Å². The average molecular weight is 452 g/mol. The molecule has 0 unspecified atom stereocenters. The molecule has 0 fully saturated rings. The van der Waals surface area contributed by atoms with Gasteiger partial charge in [0.2, 0.25) is 5.90 Å². The molecule has 0 radical (unpaired) electrons. The van der Waals surface area contributed by atoms with Crippen LogP contribution in [0, 0.1) is 5.82 Å². The van der Waals surface area contributed by atoms with Crippen molar-refractivity contribution in [1.29, 1.82) is 0 Å². The first-order chi connectivity index (χ1) is 15.4. The molecule has 3 aromatic rings. The van der Waals surface area contributed by atoms with Crippen molar-refractivity contribution in [1.82, 2.24) is 0 Å². The summed E-state index contributed by atoms with van der Waals surface area (Å²) < 4.78 is 29.2. The van der Waals surface area contributed by atoms with Crippen LogP contribution < -0.4 is 9.47 Å². The lowest BCUT2D eigenvalue weighted by atomic mass is 10.1. The van der Waals surface area contributed by atoms with Gasteiger partial charge in [-0.05, 0) is 66.2 Å². The van der Waals surface area contributed by atoms with Crippen molar-refractivity contribution in [3.05, 3.63) is 100.0 Å². The van der Waals surface area contributed by atoms with E-state index in [0.717, 1.165) is 6.07 Å². The van der Waals surface area contributed by atoms with E-state index in [2.05, 4.69) is 4.99 Å². The van der Waals surface area contributed by atoms with Gasteiger partial charge in [-0.2, -0.15) is 0 Å². The van der Waals surface area contributed by atoms with Crippen LogP contribution in [-0.2, 0) is 9.53 Å². The fraction of sp³-hybridized carbons (Fsp3) is 0.0417. The van der Waals surface area contributed by atoms with Gasteiger partial charge in [-0.25, -0.2) is 19.0 Å². The first kappa shape index (κ1) is 21.3. The number of cyclic esters (lactones) is 1. The van der Waals surface area contributed by atoms with E-state index in [1.165, 1.54) is 37.5 Å². The lowest BCUT2D eigenvalue weighted by Crippen LogP contribution is -2.09. The molecule has 0 aliphatic carbocycles. The Balaban J connectivity index is 1.57. The van der Waals surface area contributed by atoms with Gasteiger partial charge in [0.15, 0.2) is 17.2 Å². The zero-order valence-electron chi connectivity index (χ0n) is 16.7. The molecule has 0 spiro atoms. The van der Waals surface area contributed by atoms with Crippen molar-refractivity contribution < 1.29 is 28.2 Å². The van der Waals surface area contributed by atoms with Crippen LogP contribution in [0.1, 0.15) is 21.5 Å². The Kier molecular flexibility index (Phi) is 6.00. The molecule has 6 nitrogen and oxygen atoms in total. The number of esters is 2. The highest BCUT2D eigenvalue weighted by Gasteiger charge is 2.24. The lowest BCUT2D eigenvalue weighted by Gasteiger charge is -2.10. The van der Waals surface area contributed by atoms with Gasteiger partial charge < -0.3 is 14.2 Å². The van der Waals surface area contributed by atoms with Gasteiger partial charge in [-0.3, -0.25) is 0 Å². The maximum absolute atomic E-state index is 13.4. The number of ether oxygens (including phenoxy) is 3. The number of hydrogen-bond donors (Lipinski definition) is 0. The van der Waals surface area contributed by atoms with E-state index in [9.17, 15) is 14.0 Å². The number of hydrogen-bond acceptors (Lipinski definition) is 6. The minimum Gasteiger partial charge on any atom is -0.493 e. The van der Waals surface area contributed by atoms with Crippen LogP contribution in [0.5, 0.6) is 11.5 Å². The van der Waals surface area contributed by atoms with E-state index in [-0.39, 0.29) is 28.7 Å². The van der Waals surface area contributed by atoms with Crippen molar-refractivity contribution >= 4 is 35.5 Å². The van der Waals surface area contributed by atoms with Crippen LogP contribution in [0.3, 0.4) is 0 Å². The Labute approximate surface area is 187 Å². The van der Waals surface area contributed by atoms with Crippen LogP contribution in [0.2, 0.25) is 5.02 Å². The van der Waals surface area contributed by atoms with Gasteiger partial charge in [0.1, 0.15) is 5.82 Å². The molecule has 0 saturated heterocycles. The quantitative estimate of drug-likeness (QED) is 0.308. The van der Waals surface area contributed by atoms with E-state index in [1.807, 2.05) is 0 Å². The molecule has 3 aromatic carbocycles. The third kappa shape index (κ3) is 4.68. The maximum Gasteiger partial charge on any atom is 0.363 e. The van der Waals surface area contributed by atoms with E-state index in [1.54, 1.807) is 36.4 Å². The zero-order chi connectivity index (χ0) is 22.7. The van der Waals surface area contributed by atoms with E-state index < -0.39 is 17.8 Å². The molecule has 1 heterocycles. The first-order valence-electron chi connectivity index (χ1n) is 9.37. The zero-order valence-corrected chi connectivity index (χ0v) is 17.4. The van der Waals surface area contributed by atoms with E-state index in [0.29, 0.717) is 16.1 Å². The molecule has 32 heavy (non-hydrogen) atoms. The molecule has 0 saturated carbocycles. The summed E-state index contributed by atoms with van der Waals surface area (Å²) in [5.41, 5.74) is 1.35. The number of halogens is 2. The summed E-state index contributed by atoms with van der Waals surface area (Å²) in [6.45, 7) is 0. The second-order valence-corrected chi connectivity index (χ2v) is 7.09. The molecular formula is C24H15ClFNO5. The number of rotatable bonds is 5. The molecule has 0 aromatic heterocycles. The molecular weight excluding hydrogens is 437 g/mol. The fourth-order valence-electron chi connectivity index (χ4n) is 2.92. The van der Waals surface area contributed by atoms with Crippen molar-refractivity contribution in [2.24, 2.45) is 4.99 Å². The van der Waals surface area contributed by atoms with Crippen molar-refractivity contribution in [3.63, 3.8) is 0 Å². The molecule has 0 atom stereocenters. The predicted molar refractivity (Wildman–Crippen MR) is 116 cm³/mol. The predicted octanol–water partition coefficient (Wildman–Crippen LogP) is 5.05. The molecule has 160 valence electrons. The SMILES string of the molecule is COc1cc(/C=C2\N=C(c3ccc(Cl)cc3)OC2=O)ccc1OC(=O)c1cccc(F)c1. The van der Waals surface area contributed by atoms with Gasteiger partial charge >= 0.3 is 11.9 Å². The topological polar surface area (TPSA) is 74.2 Å². The molecule has 8 heteroatoms. The summed E-state index contributed by atoms with van der Waals surface area (Å²) >= 11 is 5.88. The molecule has 0 bridgehead atoms. The van der Waals surface area contributed by atoms with Gasteiger partial charge in [0.25, 0.3) is 0 Å². The van der Waals surface area contributed by atoms with Crippen LogP contribution in [0.15, 0.2) is 77.4 Å². The summed E-state index contributed by atoms with van der Waals surface area (Å²) in [7, 11) is 1.41. The van der Waals surface area contributed by atoms with Gasteiger partial charge in [0, 0.05) is 10.6 Å². The summed E-state index contributed by atoms with van der Waals surface area (Å²) in [4.78, 5) is 28.7. The standard InChI is InChI=1S/C24H15ClFNO5/c1-30-21-12-14(5-10-20(21)31-23(28)16-3-2-4-18(26)13-16)11-19-24(29)32-22(27-19)15-6-8-17(25)9-7-15/h2-13H,1H3/b19-11-. The second-order valence-electron chi connectivity index (χ2n) is 6.65. The Morgan fingerprint density at radius 1 is 1.06 bits per heavy atom. The van der Waals surface area contributed by atoms with Crippen molar-refractivity contribution in [3.8, 4) is 11.5 Å². The third-order valence-corrected chi connectivity index (χ3v) is 4.72. The Bertz CT molecular complexity index is 1270. The monoisotopic (exact) mass is 451 g/mol. The van der Waals surface area contributed by atoms with Crippen molar-refractivity contribution in [2.45, 2.75) is 0 Å². The van der Waals surface area contributed by atoms with Crippen LogP contribution >= 0.6 is 11.6 Å². The van der Waals surface area contributed by atoms with Gasteiger partial charge in [-0.1, -0.05) is 23.7 Å². The smallest absolute Gasteiger partial charge is 0.363 e. The number of methoxy groups -OCH3 is 1. The van der Waals surface area contributed by atoms with E-state index in [4.69, 9.17) is 25.8 Å². The highest BCUT2D eigenvalue weighted by atomic mass is 35.5. The maximum atomic E-state index is 13.4. The molecule has 1 aliphatic rings. The summed E-state index contributed by atoms with van der Waals surface area (Å²) in [5.74, 6) is -1.32. The highest BCUT2D eigenvalue weighted by Crippen LogP contribution is 2.30. The number of carbonyl (C=O) groups excluding carboxylic acids is 2. The minimum absolute atomic E-state index is 0.0658. The van der Waals surface area contributed by atoms with Gasteiger partial charge in [-0.15, -0.1) is 0 Å². The summed E-state index contributed by atoms with van der Waals surface area (Å²) in [5, 5.41) is 0.555. The van der Waals surface area contributed by atoms with Crippen molar-refractivity contribution in [2.75, 3.05) is 7.11 Å². The molecule has 0 N–H and O–H groups in total. The second kappa shape index (κ2) is 9.03. The first-order valence-corrected chi connectivity index (χ1v) is 9.75. The number of benzene rings is 3. The van der Waals surface area contributed by atoms with Gasteiger partial charge in [0.05, 0.1) is 12.7 Å². The fourth-order valence-corrected chi connectivity index (χ4v) is 3.04. The third-order valence-electron chi connectivity index (χ3n) is 4.47.